The third-order valence-electron chi connectivity index (χ3n) is 6.97. The van der Waals surface area contributed by atoms with Gasteiger partial charge >= 0.3 is 0 Å². The van der Waals surface area contributed by atoms with E-state index in [1.54, 1.807) is 42.5 Å². The molecule has 45 heavy (non-hydrogen) atoms. The molecule has 2 aromatic carbocycles. The van der Waals surface area contributed by atoms with E-state index in [1.165, 1.54) is 34.4 Å². The van der Waals surface area contributed by atoms with Crippen molar-refractivity contribution in [3.05, 3.63) is 117 Å². The highest BCUT2D eigenvalue weighted by Gasteiger charge is 2.21. The number of nitrogens with one attached hydrogen (secondary N) is 1. The molecule has 11 nitrogen and oxygen atoms in total. The lowest BCUT2D eigenvalue weighted by molar-refractivity contribution is 0.472. The number of benzene rings is 2. The van der Waals surface area contributed by atoms with Gasteiger partial charge in [0.1, 0.15) is 29.5 Å². The van der Waals surface area contributed by atoms with Crippen molar-refractivity contribution >= 4 is 38.3 Å². The first-order valence-corrected chi connectivity index (χ1v) is 15.8. The van der Waals surface area contributed by atoms with E-state index in [9.17, 15) is 17.6 Å². The maximum atomic E-state index is 14.0. The molecule has 5 rings (SSSR count). The molecule has 0 fully saturated rings. The summed E-state index contributed by atoms with van der Waals surface area (Å²) < 4.78 is 40.0. The zero-order valence-corrected chi connectivity index (χ0v) is 26.1. The summed E-state index contributed by atoms with van der Waals surface area (Å²) in [5.41, 5.74) is 8.54. The molecule has 0 spiro atoms. The average molecular weight is 647 g/mol. The summed E-state index contributed by atoms with van der Waals surface area (Å²) in [4.78, 5) is 31.2. The van der Waals surface area contributed by atoms with Gasteiger partial charge in [-0.1, -0.05) is 35.7 Å². The average Bonchev–Trinajstić information content (AvgIpc) is 2.99. The Morgan fingerprint density at radius 3 is 2.62 bits per heavy atom. The monoisotopic (exact) mass is 646 g/mol. The Morgan fingerprint density at radius 2 is 1.89 bits per heavy atom. The fourth-order valence-electron chi connectivity index (χ4n) is 4.54. The second-order valence-electron chi connectivity index (χ2n) is 10.2. The molecule has 1 atom stereocenters. The van der Waals surface area contributed by atoms with Crippen LogP contribution in [0.4, 0.5) is 10.2 Å². The molecule has 0 radical (unpaired) electrons. The second-order valence-corrected chi connectivity index (χ2v) is 12.7. The SMILES string of the molecule is C[C@H](NCc1ncnc(N)c1C#Cc1ccc(F)cn1)c1nc2cccc(Cl)c2c(=O)n1-c1cccc(CN(C)S(C)(=O)=O)c1. The van der Waals surface area contributed by atoms with Crippen molar-refractivity contribution in [1.29, 1.82) is 0 Å². The summed E-state index contributed by atoms with van der Waals surface area (Å²) in [7, 11) is -1.94. The number of hydrogen-bond acceptors (Lipinski definition) is 9. The van der Waals surface area contributed by atoms with Gasteiger partial charge in [0, 0.05) is 20.1 Å². The van der Waals surface area contributed by atoms with E-state index in [0.717, 1.165) is 12.5 Å². The minimum Gasteiger partial charge on any atom is -0.383 e. The minimum atomic E-state index is -3.43. The van der Waals surface area contributed by atoms with Crippen LogP contribution in [-0.4, -0.2) is 50.5 Å². The van der Waals surface area contributed by atoms with Gasteiger partial charge in [-0.15, -0.1) is 0 Å². The molecule has 14 heteroatoms. The van der Waals surface area contributed by atoms with Crippen molar-refractivity contribution < 1.29 is 12.8 Å². The third kappa shape index (κ3) is 7.16. The van der Waals surface area contributed by atoms with Gasteiger partial charge in [0.05, 0.1) is 51.4 Å². The first-order valence-electron chi connectivity index (χ1n) is 13.6. The summed E-state index contributed by atoms with van der Waals surface area (Å²) in [6, 6.07) is 14.3. The zero-order chi connectivity index (χ0) is 32.3. The standard InChI is InChI=1S/C31H28ClFN8O3S/c1-19(35-16-27-24(29(34)38-18-37-27)13-12-22-11-10-21(33)15-36-22)30-39-26-9-5-8-25(32)28(26)31(42)41(30)23-7-4-6-20(14-23)17-40(2)45(3,43)44/h4-11,14-15,18-19,35H,16-17H2,1-3H3,(H2,34,37,38)/t19-/m0/s1. The molecule has 0 saturated heterocycles. The van der Waals surface area contributed by atoms with Gasteiger partial charge in [-0.2, -0.15) is 0 Å². The molecule has 0 saturated carbocycles. The minimum absolute atomic E-state index is 0.110. The molecule has 3 heterocycles. The van der Waals surface area contributed by atoms with Gasteiger partial charge in [0.25, 0.3) is 5.56 Å². The lowest BCUT2D eigenvalue weighted by Crippen LogP contribution is -2.30. The normalized spacial score (nSPS) is 12.2. The van der Waals surface area contributed by atoms with E-state index in [2.05, 4.69) is 32.1 Å². The fraction of sp³-hybridized carbons (Fsp3) is 0.194. The molecular weight excluding hydrogens is 619 g/mol. The Hall–Kier alpha value is -4.74. The third-order valence-corrected chi connectivity index (χ3v) is 8.55. The largest absolute Gasteiger partial charge is 0.383 e. The highest BCUT2D eigenvalue weighted by atomic mass is 35.5. The van der Waals surface area contributed by atoms with Crippen molar-refractivity contribution in [2.75, 3.05) is 19.0 Å². The number of pyridine rings is 1. The van der Waals surface area contributed by atoms with Crippen molar-refractivity contribution in [2.45, 2.75) is 26.1 Å². The summed E-state index contributed by atoms with van der Waals surface area (Å²) >= 11 is 6.45. The number of nitrogens with two attached hydrogens (primary N) is 1. The van der Waals surface area contributed by atoms with Gasteiger partial charge in [-0.25, -0.2) is 37.0 Å². The van der Waals surface area contributed by atoms with Crippen molar-refractivity contribution in [3.63, 3.8) is 0 Å². The van der Waals surface area contributed by atoms with E-state index in [4.69, 9.17) is 22.3 Å². The quantitative estimate of drug-likeness (QED) is 0.241. The number of nitrogens with zero attached hydrogens (tertiary/aromatic N) is 6. The summed E-state index contributed by atoms with van der Waals surface area (Å²) in [6.07, 6.45) is 3.52. The van der Waals surface area contributed by atoms with Crippen LogP contribution in [0.3, 0.4) is 0 Å². The summed E-state index contributed by atoms with van der Waals surface area (Å²) in [6.45, 7) is 2.13. The van der Waals surface area contributed by atoms with Crippen LogP contribution in [0.1, 0.15) is 41.3 Å². The van der Waals surface area contributed by atoms with Crippen LogP contribution < -0.4 is 16.6 Å². The van der Waals surface area contributed by atoms with Crippen LogP contribution in [0.15, 0.2) is 71.9 Å². The molecule has 5 aromatic rings. The highest BCUT2D eigenvalue weighted by Crippen LogP contribution is 2.24. The molecular formula is C31H28ClFN8O3S. The molecule has 3 N–H and O–H groups in total. The molecule has 3 aromatic heterocycles. The van der Waals surface area contributed by atoms with Crippen LogP contribution in [0.2, 0.25) is 5.02 Å². The number of rotatable bonds is 8. The Bertz CT molecular complexity index is 2130. The Morgan fingerprint density at radius 1 is 1.11 bits per heavy atom. The lowest BCUT2D eigenvalue weighted by Gasteiger charge is -2.21. The smallest absolute Gasteiger partial charge is 0.267 e. The highest BCUT2D eigenvalue weighted by molar-refractivity contribution is 7.88. The van der Waals surface area contributed by atoms with Gasteiger partial charge < -0.3 is 11.1 Å². The van der Waals surface area contributed by atoms with Crippen LogP contribution in [0.5, 0.6) is 0 Å². The zero-order valence-electron chi connectivity index (χ0n) is 24.5. The van der Waals surface area contributed by atoms with E-state index in [-0.39, 0.29) is 34.9 Å². The van der Waals surface area contributed by atoms with Crippen molar-refractivity contribution in [3.8, 4) is 17.5 Å². The summed E-state index contributed by atoms with van der Waals surface area (Å²) in [5, 5.41) is 3.86. The molecule has 0 aliphatic rings. The Labute approximate surface area is 264 Å². The predicted octanol–water partition coefficient (Wildman–Crippen LogP) is 3.59. The van der Waals surface area contributed by atoms with Gasteiger partial charge in [0.15, 0.2) is 0 Å². The van der Waals surface area contributed by atoms with Crippen LogP contribution in [0.25, 0.3) is 16.6 Å². The predicted molar refractivity (Wildman–Crippen MR) is 171 cm³/mol. The van der Waals surface area contributed by atoms with Gasteiger partial charge in [-0.3, -0.25) is 9.36 Å². The molecule has 0 aliphatic heterocycles. The number of fused-ring (bicyclic) bond motifs is 1. The Kier molecular flexibility index (Phi) is 9.21. The second kappa shape index (κ2) is 13.1. The van der Waals surface area contributed by atoms with Gasteiger partial charge in [-0.05, 0) is 54.8 Å². The number of nitrogen functional groups attached to an aromatic ring is 1. The number of aromatic nitrogens is 5. The van der Waals surface area contributed by atoms with E-state index in [1.807, 2.05) is 6.92 Å². The van der Waals surface area contributed by atoms with Crippen LogP contribution in [0, 0.1) is 17.7 Å². The fourth-order valence-corrected chi connectivity index (χ4v) is 5.17. The number of hydrogen-bond donors (Lipinski definition) is 2. The van der Waals surface area contributed by atoms with Crippen LogP contribution in [-0.2, 0) is 23.1 Å². The van der Waals surface area contributed by atoms with E-state index >= 15 is 0 Å². The molecule has 0 bridgehead atoms. The maximum absolute atomic E-state index is 14.0. The summed E-state index contributed by atoms with van der Waals surface area (Å²) in [5.74, 6) is 5.86. The molecule has 0 aliphatic carbocycles. The van der Waals surface area contributed by atoms with E-state index < -0.39 is 21.9 Å². The van der Waals surface area contributed by atoms with Crippen molar-refractivity contribution in [2.24, 2.45) is 0 Å². The van der Waals surface area contributed by atoms with Gasteiger partial charge in [0.2, 0.25) is 10.0 Å². The number of halogens is 2. The Balaban J connectivity index is 1.53. The molecule has 0 amide bonds. The van der Waals surface area contributed by atoms with E-state index in [0.29, 0.717) is 39.5 Å². The number of sulfonamides is 1. The topological polar surface area (TPSA) is 149 Å². The first kappa shape index (κ1) is 31.7. The first-order chi connectivity index (χ1) is 21.4. The molecule has 230 valence electrons. The van der Waals surface area contributed by atoms with Crippen molar-refractivity contribution in [1.82, 2.24) is 34.1 Å². The lowest BCUT2D eigenvalue weighted by atomic mass is 10.1. The maximum Gasteiger partial charge on any atom is 0.267 e. The van der Waals surface area contributed by atoms with Crippen LogP contribution >= 0.6 is 11.6 Å². The number of anilines is 1. The molecule has 0 unspecified atom stereocenters.